The van der Waals surface area contributed by atoms with E-state index in [-0.39, 0.29) is 11.4 Å². The van der Waals surface area contributed by atoms with Gasteiger partial charge in [0, 0.05) is 19.4 Å². The van der Waals surface area contributed by atoms with E-state index in [0.717, 1.165) is 5.56 Å². The number of pyridine rings is 1. The highest BCUT2D eigenvalue weighted by molar-refractivity contribution is 5.97. The molecule has 8 heteroatoms. The highest BCUT2D eigenvalue weighted by atomic mass is 16.6. The Labute approximate surface area is 163 Å². The Hall–Kier alpha value is -3.13. The van der Waals surface area contributed by atoms with Gasteiger partial charge in [-0.05, 0) is 19.4 Å². The second-order valence-electron chi connectivity index (χ2n) is 6.11. The Balaban J connectivity index is 2.01. The number of methoxy groups -OCH3 is 2. The number of carbonyl (C=O) groups is 2. The highest BCUT2D eigenvalue weighted by Gasteiger charge is 2.27. The van der Waals surface area contributed by atoms with Gasteiger partial charge in [-0.3, -0.25) is 4.79 Å². The SMILES string of the molecule is COc1ccnc(C(=O)N[C@@H](C)C(=O)O[C@@H](C)[C@@H](OC)c2ccccc2)c1O. The maximum Gasteiger partial charge on any atom is 0.328 e. The van der Waals surface area contributed by atoms with E-state index in [9.17, 15) is 14.7 Å². The van der Waals surface area contributed by atoms with Crippen molar-refractivity contribution in [2.24, 2.45) is 0 Å². The van der Waals surface area contributed by atoms with Gasteiger partial charge < -0.3 is 24.6 Å². The summed E-state index contributed by atoms with van der Waals surface area (Å²) < 4.78 is 15.8. The van der Waals surface area contributed by atoms with Crippen molar-refractivity contribution in [3.8, 4) is 11.5 Å². The molecule has 1 aromatic carbocycles. The normalized spacial score (nSPS) is 13.9. The first-order chi connectivity index (χ1) is 13.4. The van der Waals surface area contributed by atoms with Crippen LogP contribution in [0.1, 0.15) is 36.0 Å². The van der Waals surface area contributed by atoms with Crippen LogP contribution in [-0.4, -0.2) is 48.3 Å². The van der Waals surface area contributed by atoms with Gasteiger partial charge in [0.1, 0.15) is 18.2 Å². The number of ether oxygens (including phenoxy) is 3. The van der Waals surface area contributed by atoms with E-state index in [1.807, 2.05) is 30.3 Å². The second-order valence-corrected chi connectivity index (χ2v) is 6.11. The van der Waals surface area contributed by atoms with Crippen molar-refractivity contribution in [1.82, 2.24) is 10.3 Å². The summed E-state index contributed by atoms with van der Waals surface area (Å²) in [5, 5.41) is 12.5. The summed E-state index contributed by atoms with van der Waals surface area (Å²) in [4.78, 5) is 28.5. The van der Waals surface area contributed by atoms with Gasteiger partial charge in [0.15, 0.2) is 17.2 Å². The highest BCUT2D eigenvalue weighted by Crippen LogP contribution is 2.27. The smallest absolute Gasteiger partial charge is 0.328 e. The van der Waals surface area contributed by atoms with Crippen molar-refractivity contribution >= 4 is 11.9 Å². The van der Waals surface area contributed by atoms with Crippen LogP contribution in [0, 0.1) is 0 Å². The number of hydrogen-bond acceptors (Lipinski definition) is 7. The van der Waals surface area contributed by atoms with E-state index in [1.54, 1.807) is 6.92 Å². The summed E-state index contributed by atoms with van der Waals surface area (Å²) in [6.07, 6.45) is 0.293. The molecule has 0 fully saturated rings. The van der Waals surface area contributed by atoms with Gasteiger partial charge in [0.2, 0.25) is 0 Å². The fourth-order valence-electron chi connectivity index (χ4n) is 2.68. The lowest BCUT2D eigenvalue weighted by Crippen LogP contribution is -2.41. The standard InChI is InChI=1S/C20H24N2O6/c1-12(22-19(24)16-17(23)15(26-3)10-11-21-16)20(25)28-13(2)18(27-4)14-8-6-5-7-9-14/h5-13,18,23H,1-4H3,(H,22,24)/t12-,13-,18+/m0/s1. The van der Waals surface area contributed by atoms with Gasteiger partial charge in [0.05, 0.1) is 7.11 Å². The van der Waals surface area contributed by atoms with Crippen molar-refractivity contribution in [2.45, 2.75) is 32.1 Å². The number of carbonyl (C=O) groups excluding carboxylic acids is 2. The zero-order chi connectivity index (χ0) is 20.7. The van der Waals surface area contributed by atoms with Crippen LogP contribution in [0.4, 0.5) is 0 Å². The first kappa shape index (κ1) is 21.2. The predicted molar refractivity (Wildman–Crippen MR) is 101 cm³/mol. The molecule has 0 bridgehead atoms. The first-order valence-electron chi connectivity index (χ1n) is 8.70. The molecule has 3 atom stereocenters. The Morgan fingerprint density at radius 3 is 2.39 bits per heavy atom. The van der Waals surface area contributed by atoms with Crippen LogP contribution in [-0.2, 0) is 14.3 Å². The Kier molecular flexibility index (Phi) is 7.34. The van der Waals surface area contributed by atoms with Gasteiger partial charge in [-0.25, -0.2) is 9.78 Å². The van der Waals surface area contributed by atoms with Gasteiger partial charge in [0.25, 0.3) is 5.91 Å². The van der Waals surface area contributed by atoms with Crippen LogP contribution in [0.5, 0.6) is 11.5 Å². The predicted octanol–water partition coefficient (Wildman–Crippen LogP) is 2.23. The number of rotatable bonds is 8. The lowest BCUT2D eigenvalue weighted by molar-refractivity contribution is -0.157. The first-order valence-corrected chi connectivity index (χ1v) is 8.70. The van der Waals surface area contributed by atoms with Crippen molar-refractivity contribution < 1.29 is 28.9 Å². The van der Waals surface area contributed by atoms with E-state index in [1.165, 1.54) is 33.4 Å². The molecule has 150 valence electrons. The topological polar surface area (TPSA) is 107 Å². The van der Waals surface area contributed by atoms with Crippen molar-refractivity contribution in [1.29, 1.82) is 0 Å². The molecule has 2 N–H and O–H groups in total. The Morgan fingerprint density at radius 1 is 1.11 bits per heavy atom. The second kappa shape index (κ2) is 9.70. The fourth-order valence-corrected chi connectivity index (χ4v) is 2.68. The molecule has 1 amide bonds. The summed E-state index contributed by atoms with van der Waals surface area (Å²) in [5.41, 5.74) is 0.624. The summed E-state index contributed by atoms with van der Waals surface area (Å²) in [7, 11) is 2.89. The minimum Gasteiger partial charge on any atom is -0.503 e. The summed E-state index contributed by atoms with van der Waals surface area (Å²) in [6.45, 7) is 3.19. The number of benzene rings is 1. The minimum atomic E-state index is -0.962. The number of amides is 1. The number of nitrogens with one attached hydrogen (secondary N) is 1. The average molecular weight is 388 g/mol. The molecule has 0 unspecified atom stereocenters. The molecule has 2 rings (SSSR count). The Bertz CT molecular complexity index is 812. The molecule has 28 heavy (non-hydrogen) atoms. The van der Waals surface area contributed by atoms with Crippen molar-refractivity contribution in [3.05, 3.63) is 53.9 Å². The van der Waals surface area contributed by atoms with Crippen molar-refractivity contribution in [2.75, 3.05) is 14.2 Å². The molecule has 0 aliphatic carbocycles. The molecular weight excluding hydrogens is 364 g/mol. The van der Waals surface area contributed by atoms with Crippen LogP contribution >= 0.6 is 0 Å². The van der Waals surface area contributed by atoms with E-state index in [0.29, 0.717) is 0 Å². The van der Waals surface area contributed by atoms with E-state index in [4.69, 9.17) is 14.2 Å². The largest absolute Gasteiger partial charge is 0.503 e. The number of hydrogen-bond donors (Lipinski definition) is 2. The molecule has 2 aromatic rings. The lowest BCUT2D eigenvalue weighted by Gasteiger charge is -2.24. The third-order valence-corrected chi connectivity index (χ3v) is 4.13. The van der Waals surface area contributed by atoms with E-state index in [2.05, 4.69) is 10.3 Å². The number of aromatic hydroxyl groups is 1. The molecule has 8 nitrogen and oxygen atoms in total. The molecule has 0 saturated heterocycles. The average Bonchev–Trinajstić information content (AvgIpc) is 2.69. The number of aromatic nitrogens is 1. The molecule has 0 radical (unpaired) electrons. The van der Waals surface area contributed by atoms with Gasteiger partial charge >= 0.3 is 5.97 Å². The van der Waals surface area contributed by atoms with Crippen LogP contribution in [0.2, 0.25) is 0 Å². The fraction of sp³-hybridized carbons (Fsp3) is 0.350. The van der Waals surface area contributed by atoms with Crippen LogP contribution < -0.4 is 10.1 Å². The third-order valence-electron chi connectivity index (χ3n) is 4.13. The third kappa shape index (κ3) is 4.98. The number of nitrogens with zero attached hydrogens (tertiary/aromatic N) is 1. The molecule has 0 saturated carbocycles. The van der Waals surface area contributed by atoms with Gasteiger partial charge in [-0.2, -0.15) is 0 Å². The summed E-state index contributed by atoms with van der Waals surface area (Å²) in [6, 6.07) is 9.82. The van der Waals surface area contributed by atoms with Crippen LogP contribution in [0.25, 0.3) is 0 Å². The number of esters is 1. The molecule has 0 aliphatic heterocycles. The monoisotopic (exact) mass is 388 g/mol. The maximum absolute atomic E-state index is 12.4. The van der Waals surface area contributed by atoms with Crippen molar-refractivity contribution in [3.63, 3.8) is 0 Å². The van der Waals surface area contributed by atoms with Crippen LogP contribution in [0.15, 0.2) is 42.6 Å². The van der Waals surface area contributed by atoms with Gasteiger partial charge in [-0.1, -0.05) is 30.3 Å². The zero-order valence-electron chi connectivity index (χ0n) is 16.2. The Morgan fingerprint density at radius 2 is 1.79 bits per heavy atom. The zero-order valence-corrected chi connectivity index (χ0v) is 16.2. The van der Waals surface area contributed by atoms with E-state index >= 15 is 0 Å². The minimum absolute atomic E-state index is 0.106. The molecule has 1 heterocycles. The molecular formula is C20H24N2O6. The van der Waals surface area contributed by atoms with E-state index < -0.39 is 35.9 Å². The lowest BCUT2D eigenvalue weighted by atomic mass is 10.1. The van der Waals surface area contributed by atoms with Crippen LogP contribution in [0.3, 0.4) is 0 Å². The summed E-state index contributed by atoms with van der Waals surface area (Å²) in [5.74, 6) is -1.66. The quantitative estimate of drug-likeness (QED) is 0.668. The molecule has 0 aliphatic rings. The maximum atomic E-state index is 12.4. The molecule has 0 spiro atoms. The molecule has 1 aromatic heterocycles. The summed E-state index contributed by atoms with van der Waals surface area (Å²) >= 11 is 0. The van der Waals surface area contributed by atoms with Gasteiger partial charge in [-0.15, -0.1) is 0 Å².